The molecule has 0 spiro atoms. The van der Waals surface area contributed by atoms with Crippen LogP contribution in [0.4, 0.5) is 10.5 Å². The summed E-state index contributed by atoms with van der Waals surface area (Å²) in [5.41, 5.74) is 1.66. The van der Waals surface area contributed by atoms with E-state index in [1.165, 1.54) is 0 Å². The molecule has 0 atom stereocenters. The molecule has 2 aromatic heterocycles. The Balaban J connectivity index is 1.86. The molecular weight excluding hydrogens is 262 g/mol. The Morgan fingerprint density at radius 1 is 1.47 bits per heavy atom. The lowest BCUT2D eigenvalue weighted by Gasteiger charge is -2.04. The van der Waals surface area contributed by atoms with Crippen LogP contribution in [0.3, 0.4) is 0 Å². The normalized spacial score (nSPS) is 10.5. The molecule has 19 heavy (non-hydrogen) atoms. The molecule has 0 radical (unpaired) electrons. The van der Waals surface area contributed by atoms with E-state index in [9.17, 15) is 4.79 Å². The lowest BCUT2D eigenvalue weighted by atomic mass is 10.4. The third kappa shape index (κ3) is 3.54. The van der Waals surface area contributed by atoms with Gasteiger partial charge in [-0.2, -0.15) is 5.10 Å². The van der Waals surface area contributed by atoms with Gasteiger partial charge in [-0.15, -0.1) is 11.3 Å². The molecule has 102 valence electrons. The maximum Gasteiger partial charge on any atom is 0.319 e. The summed E-state index contributed by atoms with van der Waals surface area (Å²) in [5, 5.41) is 10.7. The van der Waals surface area contributed by atoms with Gasteiger partial charge in [0.25, 0.3) is 0 Å². The second-order valence-electron chi connectivity index (χ2n) is 4.13. The Kier molecular flexibility index (Phi) is 4.16. The van der Waals surface area contributed by atoms with Gasteiger partial charge in [-0.3, -0.25) is 4.68 Å². The maximum absolute atomic E-state index is 11.7. The quantitative estimate of drug-likeness (QED) is 0.902. The van der Waals surface area contributed by atoms with Crippen LogP contribution in [0.5, 0.6) is 0 Å². The number of hydrogen-bond donors (Lipinski definition) is 2. The van der Waals surface area contributed by atoms with E-state index in [0.29, 0.717) is 12.2 Å². The van der Waals surface area contributed by atoms with Crippen molar-refractivity contribution in [3.05, 3.63) is 28.0 Å². The highest BCUT2D eigenvalue weighted by molar-refractivity contribution is 7.11. The van der Waals surface area contributed by atoms with Gasteiger partial charge in [0.2, 0.25) is 0 Å². The van der Waals surface area contributed by atoms with Crippen LogP contribution in [-0.2, 0) is 13.1 Å². The van der Waals surface area contributed by atoms with Gasteiger partial charge >= 0.3 is 6.03 Å². The molecule has 2 heterocycles. The third-order valence-corrected chi connectivity index (χ3v) is 3.70. The number of urea groups is 1. The van der Waals surface area contributed by atoms with Crippen molar-refractivity contribution >= 4 is 23.1 Å². The van der Waals surface area contributed by atoms with Crippen molar-refractivity contribution in [3.63, 3.8) is 0 Å². The molecule has 0 saturated heterocycles. The number of carbonyl (C=O) groups is 1. The minimum absolute atomic E-state index is 0.235. The molecule has 0 saturated carbocycles. The van der Waals surface area contributed by atoms with Gasteiger partial charge < -0.3 is 10.6 Å². The van der Waals surface area contributed by atoms with Crippen LogP contribution in [0.25, 0.3) is 0 Å². The molecule has 0 aromatic carbocycles. The SMILES string of the molecule is CCn1cc(NC(=O)NCc2sc(C)nc2C)cn1. The highest BCUT2D eigenvalue weighted by Gasteiger charge is 2.07. The lowest BCUT2D eigenvalue weighted by Crippen LogP contribution is -2.27. The Bertz CT molecular complexity index is 574. The number of aromatic nitrogens is 3. The number of nitrogens with one attached hydrogen (secondary N) is 2. The molecule has 0 fully saturated rings. The summed E-state index contributed by atoms with van der Waals surface area (Å²) in [4.78, 5) is 17.1. The van der Waals surface area contributed by atoms with Crippen molar-refractivity contribution in [2.75, 3.05) is 5.32 Å². The van der Waals surface area contributed by atoms with E-state index in [0.717, 1.165) is 22.1 Å². The van der Waals surface area contributed by atoms with Crippen molar-refractivity contribution in [1.29, 1.82) is 0 Å². The summed E-state index contributed by atoms with van der Waals surface area (Å²) in [7, 11) is 0. The zero-order chi connectivity index (χ0) is 13.8. The topological polar surface area (TPSA) is 71.8 Å². The second-order valence-corrected chi connectivity index (χ2v) is 5.42. The van der Waals surface area contributed by atoms with Crippen LogP contribution in [0.15, 0.2) is 12.4 Å². The Morgan fingerprint density at radius 2 is 2.26 bits per heavy atom. The molecule has 2 amide bonds. The number of nitrogens with zero attached hydrogens (tertiary/aromatic N) is 3. The van der Waals surface area contributed by atoms with Gasteiger partial charge in [0.05, 0.1) is 29.1 Å². The number of amides is 2. The van der Waals surface area contributed by atoms with Gasteiger partial charge in [0, 0.05) is 17.6 Å². The van der Waals surface area contributed by atoms with E-state index in [-0.39, 0.29) is 6.03 Å². The molecule has 0 bridgehead atoms. The Hall–Kier alpha value is -1.89. The summed E-state index contributed by atoms with van der Waals surface area (Å²) in [5.74, 6) is 0. The molecule has 7 heteroatoms. The first-order valence-corrected chi connectivity index (χ1v) is 6.90. The number of aryl methyl sites for hydroxylation is 3. The molecular formula is C12H17N5OS. The smallest absolute Gasteiger partial charge is 0.319 e. The van der Waals surface area contributed by atoms with Crippen LogP contribution in [0.2, 0.25) is 0 Å². The van der Waals surface area contributed by atoms with E-state index >= 15 is 0 Å². The Labute approximate surface area is 115 Å². The van der Waals surface area contributed by atoms with Crippen LogP contribution in [0, 0.1) is 13.8 Å². The average Bonchev–Trinajstić information content (AvgIpc) is 2.93. The van der Waals surface area contributed by atoms with E-state index in [1.807, 2.05) is 20.8 Å². The highest BCUT2D eigenvalue weighted by atomic mass is 32.1. The van der Waals surface area contributed by atoms with E-state index in [2.05, 4.69) is 20.7 Å². The first-order chi connectivity index (χ1) is 9.08. The number of anilines is 1. The standard InChI is InChI=1S/C12H17N5OS/c1-4-17-7-10(5-14-17)16-12(18)13-6-11-8(2)15-9(3)19-11/h5,7H,4,6H2,1-3H3,(H2,13,16,18). The minimum atomic E-state index is -0.235. The zero-order valence-corrected chi connectivity index (χ0v) is 12.0. The summed E-state index contributed by atoms with van der Waals surface area (Å²) in [6.45, 7) is 7.17. The fraction of sp³-hybridized carbons (Fsp3) is 0.417. The van der Waals surface area contributed by atoms with E-state index < -0.39 is 0 Å². The molecule has 0 aliphatic heterocycles. The largest absolute Gasteiger partial charge is 0.333 e. The van der Waals surface area contributed by atoms with Gasteiger partial charge in [-0.05, 0) is 20.8 Å². The van der Waals surface area contributed by atoms with Crippen LogP contribution in [0.1, 0.15) is 22.5 Å². The molecule has 0 aliphatic rings. The van der Waals surface area contributed by atoms with Gasteiger partial charge in [-0.25, -0.2) is 9.78 Å². The Morgan fingerprint density at radius 3 is 2.84 bits per heavy atom. The van der Waals surface area contributed by atoms with E-state index in [4.69, 9.17) is 0 Å². The first kappa shape index (κ1) is 13.5. The number of carbonyl (C=O) groups excluding carboxylic acids is 1. The fourth-order valence-corrected chi connectivity index (χ4v) is 2.55. The minimum Gasteiger partial charge on any atom is -0.333 e. The third-order valence-electron chi connectivity index (χ3n) is 2.62. The van der Waals surface area contributed by atoms with Gasteiger partial charge in [-0.1, -0.05) is 0 Å². The number of hydrogen-bond acceptors (Lipinski definition) is 4. The van der Waals surface area contributed by atoms with Crippen LogP contribution >= 0.6 is 11.3 Å². The molecule has 0 aliphatic carbocycles. The summed E-state index contributed by atoms with van der Waals surface area (Å²) < 4.78 is 1.76. The van der Waals surface area contributed by atoms with Gasteiger partial charge in [0.1, 0.15) is 0 Å². The number of thiazole rings is 1. The average molecular weight is 279 g/mol. The highest BCUT2D eigenvalue weighted by Crippen LogP contribution is 2.16. The van der Waals surface area contributed by atoms with Gasteiger partial charge in [0.15, 0.2) is 0 Å². The first-order valence-electron chi connectivity index (χ1n) is 6.08. The van der Waals surface area contributed by atoms with Crippen molar-refractivity contribution in [1.82, 2.24) is 20.1 Å². The zero-order valence-electron chi connectivity index (χ0n) is 11.2. The maximum atomic E-state index is 11.7. The summed E-state index contributed by atoms with van der Waals surface area (Å²) in [6, 6.07) is -0.235. The summed E-state index contributed by atoms with van der Waals surface area (Å²) >= 11 is 1.60. The molecule has 2 N–H and O–H groups in total. The second kappa shape index (κ2) is 5.83. The predicted molar refractivity (Wildman–Crippen MR) is 75.3 cm³/mol. The summed E-state index contributed by atoms with van der Waals surface area (Å²) in [6.07, 6.45) is 3.42. The van der Waals surface area contributed by atoms with Crippen LogP contribution in [-0.4, -0.2) is 20.8 Å². The van der Waals surface area contributed by atoms with Crippen molar-refractivity contribution in [2.24, 2.45) is 0 Å². The lowest BCUT2D eigenvalue weighted by molar-refractivity contribution is 0.252. The molecule has 6 nitrogen and oxygen atoms in total. The molecule has 0 unspecified atom stereocenters. The van der Waals surface area contributed by atoms with Crippen molar-refractivity contribution in [2.45, 2.75) is 33.9 Å². The van der Waals surface area contributed by atoms with E-state index in [1.54, 1.807) is 28.4 Å². The van der Waals surface area contributed by atoms with Crippen LogP contribution < -0.4 is 10.6 Å². The van der Waals surface area contributed by atoms with Crippen molar-refractivity contribution in [3.8, 4) is 0 Å². The fourth-order valence-electron chi connectivity index (χ4n) is 1.67. The number of rotatable bonds is 4. The molecule has 2 aromatic rings. The van der Waals surface area contributed by atoms with Crippen molar-refractivity contribution < 1.29 is 4.79 Å². The predicted octanol–water partition coefficient (Wildman–Crippen LogP) is 2.30. The molecule has 2 rings (SSSR count). The monoisotopic (exact) mass is 279 g/mol.